The summed E-state index contributed by atoms with van der Waals surface area (Å²) < 4.78 is 36.9. The van der Waals surface area contributed by atoms with Gasteiger partial charge in [-0.15, -0.1) is 0 Å². The molecule has 1 aromatic heterocycles. The predicted molar refractivity (Wildman–Crippen MR) is 97.9 cm³/mol. The van der Waals surface area contributed by atoms with Crippen LogP contribution in [0.3, 0.4) is 0 Å². The number of furan rings is 1. The van der Waals surface area contributed by atoms with Gasteiger partial charge >= 0.3 is 0 Å². The number of carbonyl (C=O) groups excluding carboxylic acids is 1. The van der Waals surface area contributed by atoms with Crippen LogP contribution in [0.15, 0.2) is 56.4 Å². The maximum atomic E-state index is 12.7. The molecule has 8 nitrogen and oxygen atoms in total. The van der Waals surface area contributed by atoms with Crippen molar-refractivity contribution in [2.45, 2.75) is 11.8 Å². The van der Waals surface area contributed by atoms with E-state index in [2.05, 4.69) is 5.10 Å². The lowest BCUT2D eigenvalue weighted by Crippen LogP contribution is -2.21. The van der Waals surface area contributed by atoms with Gasteiger partial charge in [-0.25, -0.2) is 0 Å². The summed E-state index contributed by atoms with van der Waals surface area (Å²) in [6, 6.07) is 8.77. The molecule has 2 aromatic rings. The van der Waals surface area contributed by atoms with Crippen molar-refractivity contribution in [3.63, 3.8) is 0 Å². The van der Waals surface area contributed by atoms with Crippen molar-refractivity contribution in [1.82, 2.24) is 0 Å². The summed E-state index contributed by atoms with van der Waals surface area (Å²) in [4.78, 5) is 14.2. The molecule has 0 saturated heterocycles. The Hall–Kier alpha value is -2.91. The smallest absolute Gasteiger partial charge is 0.294 e. The Labute approximate surface area is 150 Å². The summed E-state index contributed by atoms with van der Waals surface area (Å²) >= 11 is 0. The van der Waals surface area contributed by atoms with Crippen molar-refractivity contribution in [1.29, 1.82) is 0 Å². The molecule has 0 aliphatic carbocycles. The van der Waals surface area contributed by atoms with Crippen LogP contribution in [0.4, 0.5) is 11.6 Å². The van der Waals surface area contributed by atoms with E-state index in [4.69, 9.17) is 8.97 Å². The third kappa shape index (κ3) is 3.39. The van der Waals surface area contributed by atoms with Gasteiger partial charge < -0.3 is 9.32 Å². The second-order valence-electron chi connectivity index (χ2n) is 5.90. The largest absolute Gasteiger partial charge is 0.441 e. The summed E-state index contributed by atoms with van der Waals surface area (Å²) in [5.41, 5.74) is 1.28. The number of anilines is 2. The number of hydrazone groups is 1. The molecule has 1 aliphatic heterocycles. The van der Waals surface area contributed by atoms with Crippen molar-refractivity contribution in [3.8, 4) is 0 Å². The van der Waals surface area contributed by atoms with Crippen molar-refractivity contribution >= 4 is 39.4 Å². The van der Waals surface area contributed by atoms with E-state index in [1.807, 2.05) is 19.0 Å². The molecule has 1 amide bonds. The first-order valence-corrected chi connectivity index (χ1v) is 9.07. The number of nitrogens with zero attached hydrogens (tertiary/aromatic N) is 3. The first-order chi connectivity index (χ1) is 12.2. The van der Waals surface area contributed by atoms with Crippen LogP contribution in [0, 0.1) is 0 Å². The van der Waals surface area contributed by atoms with Gasteiger partial charge in [0.15, 0.2) is 5.88 Å². The summed E-state index contributed by atoms with van der Waals surface area (Å²) in [7, 11) is -0.594. The van der Waals surface area contributed by atoms with Gasteiger partial charge in [-0.1, -0.05) is 0 Å². The van der Waals surface area contributed by atoms with Crippen molar-refractivity contribution < 1.29 is 22.2 Å². The van der Waals surface area contributed by atoms with Crippen LogP contribution < -0.4 is 9.91 Å². The maximum Gasteiger partial charge on any atom is 0.294 e. The first-order valence-electron chi connectivity index (χ1n) is 7.63. The topological polar surface area (TPSA) is 103 Å². The zero-order valence-corrected chi connectivity index (χ0v) is 15.2. The van der Waals surface area contributed by atoms with Crippen LogP contribution in [0.2, 0.25) is 0 Å². The predicted octanol–water partition coefficient (Wildman–Crippen LogP) is 2.40. The van der Waals surface area contributed by atoms with Gasteiger partial charge in [0.1, 0.15) is 5.76 Å². The van der Waals surface area contributed by atoms with E-state index in [0.717, 1.165) is 0 Å². The normalized spacial score (nSPS) is 16.3. The number of carbonyl (C=O) groups is 1. The molecule has 0 bridgehead atoms. The molecule has 0 fully saturated rings. The van der Waals surface area contributed by atoms with Gasteiger partial charge in [0.25, 0.3) is 16.0 Å². The fraction of sp³-hybridized carbons (Fsp3) is 0.176. The summed E-state index contributed by atoms with van der Waals surface area (Å²) in [5.74, 6) is 0.828. The molecule has 3 rings (SSSR count). The Morgan fingerprint density at radius 1 is 1.15 bits per heavy atom. The lowest BCUT2D eigenvalue weighted by atomic mass is 10.1. The van der Waals surface area contributed by atoms with E-state index in [0.29, 0.717) is 28.6 Å². The molecule has 136 valence electrons. The maximum absolute atomic E-state index is 12.7. The number of rotatable bonds is 4. The minimum atomic E-state index is -4.29. The van der Waals surface area contributed by atoms with Gasteiger partial charge in [-0.2, -0.15) is 18.5 Å². The SMILES string of the molecule is CC1=NN(c2ccc(S(=O)(=O)O)cc2)C(=O)/C1=C\c1ccc(N(C)C)o1. The molecule has 0 saturated carbocycles. The van der Waals surface area contributed by atoms with Gasteiger partial charge in [-0.3, -0.25) is 9.35 Å². The van der Waals surface area contributed by atoms with Crippen LogP contribution in [-0.4, -0.2) is 38.7 Å². The lowest BCUT2D eigenvalue weighted by Gasteiger charge is -2.11. The van der Waals surface area contributed by atoms with Crippen LogP contribution in [0.1, 0.15) is 12.7 Å². The monoisotopic (exact) mass is 375 g/mol. The van der Waals surface area contributed by atoms with Gasteiger partial charge in [0.2, 0.25) is 0 Å². The van der Waals surface area contributed by atoms with E-state index >= 15 is 0 Å². The fourth-order valence-electron chi connectivity index (χ4n) is 2.42. The molecule has 0 unspecified atom stereocenters. The Bertz CT molecular complexity index is 1020. The molecule has 9 heteroatoms. The highest BCUT2D eigenvalue weighted by molar-refractivity contribution is 7.85. The van der Waals surface area contributed by atoms with E-state index in [1.165, 1.54) is 29.3 Å². The van der Waals surface area contributed by atoms with Crippen molar-refractivity contribution in [3.05, 3.63) is 47.7 Å². The highest BCUT2D eigenvalue weighted by atomic mass is 32.2. The van der Waals surface area contributed by atoms with Crippen LogP contribution in [0.25, 0.3) is 6.08 Å². The number of benzene rings is 1. The van der Waals surface area contributed by atoms with E-state index in [9.17, 15) is 13.2 Å². The average molecular weight is 375 g/mol. The summed E-state index contributed by atoms with van der Waals surface area (Å²) in [6.45, 7) is 1.70. The highest BCUT2D eigenvalue weighted by Crippen LogP contribution is 2.27. The second kappa shape index (κ2) is 6.43. The third-order valence-electron chi connectivity index (χ3n) is 3.78. The minimum Gasteiger partial charge on any atom is -0.441 e. The Morgan fingerprint density at radius 2 is 1.81 bits per heavy atom. The summed E-state index contributed by atoms with van der Waals surface area (Å²) in [6.07, 6.45) is 1.61. The fourth-order valence-corrected chi connectivity index (χ4v) is 2.90. The summed E-state index contributed by atoms with van der Waals surface area (Å²) in [5, 5.41) is 5.39. The molecule has 1 aliphatic rings. The molecule has 0 atom stereocenters. The van der Waals surface area contributed by atoms with Crippen molar-refractivity contribution in [2.75, 3.05) is 24.0 Å². The Morgan fingerprint density at radius 3 is 2.35 bits per heavy atom. The zero-order chi connectivity index (χ0) is 19.1. The molecular formula is C17H17N3O5S. The molecule has 1 aromatic carbocycles. The van der Waals surface area contributed by atoms with Gasteiger partial charge in [-0.05, 0) is 43.3 Å². The molecular weight excluding hydrogens is 358 g/mol. The Balaban J connectivity index is 1.89. The zero-order valence-electron chi connectivity index (χ0n) is 14.4. The standard InChI is InChI=1S/C17H17N3O5S/c1-11-15(10-13-6-9-16(25-13)19(2)3)17(21)20(18-11)12-4-7-14(8-5-12)26(22,23)24/h4-10H,1-3H3,(H,22,23,24)/b15-10-. The molecule has 2 heterocycles. The third-order valence-corrected chi connectivity index (χ3v) is 4.65. The van der Waals surface area contributed by atoms with E-state index in [-0.39, 0.29) is 10.8 Å². The van der Waals surface area contributed by atoms with Crippen LogP contribution in [-0.2, 0) is 14.9 Å². The minimum absolute atomic E-state index is 0.254. The average Bonchev–Trinajstić information content (AvgIpc) is 3.15. The quantitative estimate of drug-likeness (QED) is 0.650. The number of amides is 1. The van der Waals surface area contributed by atoms with Crippen LogP contribution in [0.5, 0.6) is 0 Å². The first kappa shape index (κ1) is 17.9. The lowest BCUT2D eigenvalue weighted by molar-refractivity contribution is -0.114. The van der Waals surface area contributed by atoms with Gasteiger partial charge in [0.05, 0.1) is 21.9 Å². The van der Waals surface area contributed by atoms with E-state index in [1.54, 1.807) is 25.1 Å². The highest BCUT2D eigenvalue weighted by Gasteiger charge is 2.29. The molecule has 26 heavy (non-hydrogen) atoms. The molecule has 0 spiro atoms. The van der Waals surface area contributed by atoms with E-state index < -0.39 is 10.1 Å². The number of hydrogen-bond donors (Lipinski definition) is 1. The van der Waals surface area contributed by atoms with Gasteiger partial charge in [0, 0.05) is 20.2 Å². The van der Waals surface area contributed by atoms with Crippen molar-refractivity contribution in [2.24, 2.45) is 5.10 Å². The Kier molecular flexibility index (Phi) is 4.43. The van der Waals surface area contributed by atoms with Crippen LogP contribution >= 0.6 is 0 Å². The molecule has 0 radical (unpaired) electrons. The number of hydrogen-bond acceptors (Lipinski definition) is 6. The molecule has 1 N–H and O–H groups in total. The second-order valence-corrected chi connectivity index (χ2v) is 7.32.